The van der Waals surface area contributed by atoms with Gasteiger partial charge in [-0.05, 0) is 38.5 Å². The van der Waals surface area contributed by atoms with Crippen LogP contribution in [0.15, 0.2) is 18.2 Å². The summed E-state index contributed by atoms with van der Waals surface area (Å²) < 4.78 is 16.4. The summed E-state index contributed by atoms with van der Waals surface area (Å²) in [6, 6.07) is 3.55. The summed E-state index contributed by atoms with van der Waals surface area (Å²) in [6.07, 6.45) is -0.348. The topological polar surface area (TPSA) is 111 Å². The lowest BCUT2D eigenvalue weighted by Crippen LogP contribution is -2.54. The minimum atomic E-state index is -0.991. The van der Waals surface area contributed by atoms with Gasteiger partial charge in [0.1, 0.15) is 18.4 Å². The maximum Gasteiger partial charge on any atom is 0.262 e. The second-order valence-corrected chi connectivity index (χ2v) is 6.31. The average molecular weight is 390 g/mol. The third-order valence-corrected chi connectivity index (χ3v) is 4.50. The van der Waals surface area contributed by atoms with Crippen molar-refractivity contribution in [1.82, 2.24) is 10.2 Å². The minimum absolute atomic E-state index is 0.0778. The lowest BCUT2D eigenvalue weighted by atomic mass is 10.0. The molecule has 0 bridgehead atoms. The fourth-order valence-electron chi connectivity index (χ4n) is 3.22. The molecule has 9 heteroatoms. The summed E-state index contributed by atoms with van der Waals surface area (Å²) >= 11 is 0. The van der Waals surface area contributed by atoms with Crippen molar-refractivity contribution in [1.29, 1.82) is 0 Å². The number of carbonyl (C=O) groups excluding carboxylic acids is 4. The molecule has 9 nitrogen and oxygen atoms in total. The summed E-state index contributed by atoms with van der Waals surface area (Å²) in [6.45, 7) is 4.74. The van der Waals surface area contributed by atoms with Crippen LogP contribution in [0.5, 0.6) is 5.75 Å². The lowest BCUT2D eigenvalue weighted by Gasteiger charge is -2.27. The van der Waals surface area contributed by atoms with E-state index in [9.17, 15) is 19.2 Å². The number of nitrogens with zero attached hydrogens (tertiary/aromatic N) is 1. The van der Waals surface area contributed by atoms with Gasteiger partial charge in [-0.1, -0.05) is 0 Å². The Morgan fingerprint density at radius 3 is 2.39 bits per heavy atom. The highest BCUT2D eigenvalue weighted by atomic mass is 16.7. The molecule has 3 rings (SSSR count). The van der Waals surface area contributed by atoms with Gasteiger partial charge in [0.2, 0.25) is 11.8 Å². The molecule has 4 amide bonds. The van der Waals surface area contributed by atoms with Gasteiger partial charge in [-0.15, -0.1) is 0 Å². The van der Waals surface area contributed by atoms with E-state index in [4.69, 9.17) is 14.2 Å². The van der Waals surface area contributed by atoms with Gasteiger partial charge >= 0.3 is 0 Å². The molecule has 2 heterocycles. The summed E-state index contributed by atoms with van der Waals surface area (Å²) in [5, 5.41) is 2.17. The van der Waals surface area contributed by atoms with Gasteiger partial charge in [0, 0.05) is 19.6 Å². The highest BCUT2D eigenvalue weighted by Gasteiger charge is 2.44. The van der Waals surface area contributed by atoms with Gasteiger partial charge in [-0.25, -0.2) is 0 Å². The molecule has 0 saturated carbocycles. The van der Waals surface area contributed by atoms with Crippen molar-refractivity contribution in [2.45, 2.75) is 39.0 Å². The standard InChI is InChI=1S/C19H22N2O7/c1-3-26-16(27-4-2)10-28-11-5-6-12-13(9-11)19(25)21(18(12)24)14-7-8-15(22)20-17(14)23/h5-6,9,14,16H,3-4,7-8,10H2,1-2H3,(H,20,22,23). The van der Waals surface area contributed by atoms with Crippen molar-refractivity contribution in [2.75, 3.05) is 19.8 Å². The molecule has 0 spiro atoms. The third-order valence-electron chi connectivity index (χ3n) is 4.50. The largest absolute Gasteiger partial charge is 0.488 e. The number of imide groups is 2. The van der Waals surface area contributed by atoms with Crippen LogP contribution in [0, 0.1) is 0 Å². The average Bonchev–Trinajstić information content (AvgIpc) is 2.91. The summed E-state index contributed by atoms with van der Waals surface area (Å²) in [5.41, 5.74) is 0.366. The van der Waals surface area contributed by atoms with Crippen LogP contribution in [-0.2, 0) is 19.1 Å². The molecule has 0 aliphatic carbocycles. The van der Waals surface area contributed by atoms with Crippen LogP contribution in [0.4, 0.5) is 0 Å². The second kappa shape index (κ2) is 8.49. The molecule has 1 unspecified atom stereocenters. The first-order valence-corrected chi connectivity index (χ1v) is 9.17. The van der Waals surface area contributed by atoms with Gasteiger partial charge in [0.25, 0.3) is 11.8 Å². The summed E-state index contributed by atoms with van der Waals surface area (Å²) in [7, 11) is 0. The Balaban J connectivity index is 1.74. The van der Waals surface area contributed by atoms with Crippen LogP contribution in [-0.4, -0.2) is 60.7 Å². The first kappa shape index (κ1) is 20.0. The molecule has 1 aromatic carbocycles. The summed E-state index contributed by atoms with van der Waals surface area (Å²) in [4.78, 5) is 49.7. The number of hydrogen-bond donors (Lipinski definition) is 1. The highest BCUT2D eigenvalue weighted by Crippen LogP contribution is 2.30. The van der Waals surface area contributed by atoms with E-state index in [0.29, 0.717) is 19.0 Å². The zero-order valence-corrected chi connectivity index (χ0v) is 15.7. The minimum Gasteiger partial charge on any atom is -0.488 e. The van der Waals surface area contributed by atoms with Crippen LogP contribution in [0.1, 0.15) is 47.4 Å². The molecular formula is C19H22N2O7. The number of hydrogen-bond acceptors (Lipinski definition) is 7. The van der Waals surface area contributed by atoms with Crippen molar-refractivity contribution in [3.8, 4) is 5.75 Å². The molecule has 1 aromatic rings. The van der Waals surface area contributed by atoms with E-state index in [0.717, 1.165) is 4.90 Å². The zero-order chi connectivity index (χ0) is 20.3. The number of piperidine rings is 1. The normalized spacial score (nSPS) is 19.2. The van der Waals surface area contributed by atoms with Gasteiger partial charge < -0.3 is 14.2 Å². The Kier molecular flexibility index (Phi) is 6.05. The lowest BCUT2D eigenvalue weighted by molar-refractivity contribution is -0.152. The van der Waals surface area contributed by atoms with Crippen molar-refractivity contribution < 1.29 is 33.4 Å². The van der Waals surface area contributed by atoms with Crippen LogP contribution in [0.3, 0.4) is 0 Å². The Morgan fingerprint density at radius 1 is 1.07 bits per heavy atom. The number of ether oxygens (including phenoxy) is 3. The van der Waals surface area contributed by atoms with Crippen molar-refractivity contribution in [3.05, 3.63) is 29.3 Å². The second-order valence-electron chi connectivity index (χ2n) is 6.31. The molecule has 0 aromatic heterocycles. The fraction of sp³-hybridized carbons (Fsp3) is 0.474. The molecule has 0 radical (unpaired) electrons. The predicted octanol–water partition coefficient (Wildman–Crippen LogP) is 0.866. The van der Waals surface area contributed by atoms with Crippen molar-refractivity contribution in [3.63, 3.8) is 0 Å². The summed E-state index contributed by atoms with van der Waals surface area (Å²) in [5.74, 6) is -1.80. The molecule has 150 valence electrons. The maximum atomic E-state index is 12.8. The smallest absolute Gasteiger partial charge is 0.262 e. The molecule has 1 fully saturated rings. The van der Waals surface area contributed by atoms with Crippen LogP contribution >= 0.6 is 0 Å². The van der Waals surface area contributed by atoms with Crippen LogP contribution in [0.25, 0.3) is 0 Å². The van der Waals surface area contributed by atoms with Crippen molar-refractivity contribution >= 4 is 23.6 Å². The van der Waals surface area contributed by atoms with E-state index in [1.807, 2.05) is 13.8 Å². The predicted molar refractivity (Wildman–Crippen MR) is 95.6 cm³/mol. The Bertz CT molecular complexity index is 801. The van der Waals surface area contributed by atoms with Crippen LogP contribution in [0.2, 0.25) is 0 Å². The van der Waals surface area contributed by atoms with Gasteiger partial charge in [-0.3, -0.25) is 29.4 Å². The highest BCUT2D eigenvalue weighted by molar-refractivity contribution is 6.23. The first-order valence-electron chi connectivity index (χ1n) is 9.17. The molecule has 2 aliphatic heterocycles. The number of benzene rings is 1. The SMILES string of the molecule is CCOC(COc1ccc2c(c1)C(=O)N(C1CCC(=O)NC1=O)C2=O)OCC. The molecule has 1 saturated heterocycles. The molecule has 1 N–H and O–H groups in total. The monoisotopic (exact) mass is 390 g/mol. The van der Waals surface area contributed by atoms with E-state index in [-0.39, 0.29) is 30.6 Å². The van der Waals surface area contributed by atoms with E-state index >= 15 is 0 Å². The number of nitrogens with one attached hydrogen (secondary N) is 1. The first-order chi connectivity index (χ1) is 13.5. The Morgan fingerprint density at radius 2 is 1.75 bits per heavy atom. The van der Waals surface area contributed by atoms with Crippen molar-refractivity contribution in [2.24, 2.45) is 0 Å². The molecule has 28 heavy (non-hydrogen) atoms. The zero-order valence-electron chi connectivity index (χ0n) is 15.7. The third kappa shape index (κ3) is 3.90. The van der Waals surface area contributed by atoms with Gasteiger partial charge in [0.15, 0.2) is 6.29 Å². The van der Waals surface area contributed by atoms with Crippen LogP contribution < -0.4 is 10.1 Å². The molecule has 1 atom stereocenters. The number of fused-ring (bicyclic) bond motifs is 1. The van der Waals surface area contributed by atoms with E-state index < -0.39 is 36.0 Å². The fourth-order valence-corrected chi connectivity index (χ4v) is 3.22. The number of rotatable bonds is 8. The Labute approximate surface area is 161 Å². The quantitative estimate of drug-likeness (QED) is 0.518. The maximum absolute atomic E-state index is 12.8. The number of carbonyl (C=O) groups is 4. The van der Waals surface area contributed by atoms with E-state index in [1.54, 1.807) is 6.07 Å². The molecule has 2 aliphatic rings. The van der Waals surface area contributed by atoms with Gasteiger partial charge in [-0.2, -0.15) is 0 Å². The van der Waals surface area contributed by atoms with Gasteiger partial charge in [0.05, 0.1) is 11.1 Å². The Hall–Kier alpha value is -2.78. The van der Waals surface area contributed by atoms with E-state index in [2.05, 4.69) is 5.32 Å². The van der Waals surface area contributed by atoms with E-state index in [1.165, 1.54) is 12.1 Å². The molecular weight excluding hydrogens is 368 g/mol. The number of amides is 4.